The summed E-state index contributed by atoms with van der Waals surface area (Å²) >= 11 is 0. The van der Waals surface area contributed by atoms with Crippen molar-refractivity contribution in [2.45, 2.75) is 13.8 Å². The first-order valence-corrected chi connectivity index (χ1v) is 10.4. The maximum Gasteiger partial charge on any atom is 0.329 e. The number of anilines is 1. The molecule has 4 amide bonds. The lowest BCUT2D eigenvalue weighted by Gasteiger charge is -2.12. The Balaban J connectivity index is 1.53. The highest BCUT2D eigenvalue weighted by atomic mass is 19.1. The topological polar surface area (TPSA) is 107 Å². The van der Waals surface area contributed by atoms with E-state index in [0.29, 0.717) is 11.1 Å². The van der Waals surface area contributed by atoms with Crippen LogP contribution in [-0.2, 0) is 9.59 Å². The normalized spacial score (nSPS) is 14.3. The predicted octanol–water partition coefficient (Wildman–Crippen LogP) is 3.64. The van der Waals surface area contributed by atoms with Gasteiger partial charge in [0.2, 0.25) is 5.91 Å². The molecule has 3 aromatic rings. The number of aromatic nitrogens is 1. The number of amides is 4. The Morgan fingerprint density at radius 3 is 2.53 bits per heavy atom. The van der Waals surface area contributed by atoms with Crippen LogP contribution in [0.5, 0.6) is 0 Å². The number of nitriles is 1. The maximum atomic E-state index is 13.8. The Kier molecular flexibility index (Phi) is 5.97. The van der Waals surface area contributed by atoms with Crippen LogP contribution >= 0.6 is 0 Å². The number of urea groups is 1. The standard InChI is InChI=1S/C25H20FN5O3/c1-15-11-18(16(2)31(15)19-9-7-17(13-27)8-10-19)12-22-24(33)30(25(34)29-22)14-23(32)28-21-6-4-3-5-20(21)26/h3-12H,14H2,1-2H3,(H,28,32)(H,29,34)/b22-12+. The van der Waals surface area contributed by atoms with Gasteiger partial charge in [-0.1, -0.05) is 12.1 Å². The molecule has 1 aliphatic rings. The fourth-order valence-electron chi connectivity index (χ4n) is 3.78. The van der Waals surface area contributed by atoms with E-state index in [-0.39, 0.29) is 11.4 Å². The Bertz CT molecular complexity index is 1380. The van der Waals surface area contributed by atoms with Crippen LogP contribution in [0.15, 0.2) is 60.3 Å². The van der Waals surface area contributed by atoms with E-state index in [0.717, 1.165) is 22.0 Å². The van der Waals surface area contributed by atoms with Gasteiger partial charge < -0.3 is 15.2 Å². The number of para-hydroxylation sites is 1. The van der Waals surface area contributed by atoms with Crippen LogP contribution in [0.3, 0.4) is 0 Å². The monoisotopic (exact) mass is 457 g/mol. The Labute approximate surface area is 194 Å². The molecule has 0 unspecified atom stereocenters. The van der Waals surface area contributed by atoms with E-state index in [4.69, 9.17) is 5.26 Å². The number of rotatable bonds is 5. The molecule has 1 fully saturated rings. The van der Waals surface area contributed by atoms with E-state index in [1.807, 2.05) is 36.6 Å². The summed E-state index contributed by atoms with van der Waals surface area (Å²) in [6, 6.07) is 15.9. The van der Waals surface area contributed by atoms with Gasteiger partial charge in [-0.25, -0.2) is 14.1 Å². The van der Waals surface area contributed by atoms with Gasteiger partial charge in [0.05, 0.1) is 17.3 Å². The third-order valence-corrected chi connectivity index (χ3v) is 5.44. The van der Waals surface area contributed by atoms with E-state index >= 15 is 0 Å². The molecule has 0 saturated carbocycles. The smallest absolute Gasteiger partial charge is 0.322 e. The van der Waals surface area contributed by atoms with Crippen LogP contribution in [0.25, 0.3) is 11.8 Å². The summed E-state index contributed by atoms with van der Waals surface area (Å²) in [5.74, 6) is -1.98. The third kappa shape index (κ3) is 4.29. The summed E-state index contributed by atoms with van der Waals surface area (Å²) in [6.45, 7) is 3.22. The first-order chi connectivity index (χ1) is 16.3. The summed E-state index contributed by atoms with van der Waals surface area (Å²) in [6.07, 6.45) is 1.55. The van der Waals surface area contributed by atoms with Crippen molar-refractivity contribution in [2.24, 2.45) is 0 Å². The fraction of sp³-hybridized carbons (Fsp3) is 0.120. The van der Waals surface area contributed by atoms with Crippen LogP contribution < -0.4 is 10.6 Å². The average molecular weight is 457 g/mol. The molecule has 1 saturated heterocycles. The summed E-state index contributed by atoms with van der Waals surface area (Å²) in [4.78, 5) is 38.2. The summed E-state index contributed by atoms with van der Waals surface area (Å²) < 4.78 is 15.7. The van der Waals surface area contributed by atoms with Gasteiger partial charge in [0, 0.05) is 17.1 Å². The molecule has 4 rings (SSSR count). The summed E-state index contributed by atoms with van der Waals surface area (Å²) in [5.41, 5.74) is 3.83. The highest BCUT2D eigenvalue weighted by Crippen LogP contribution is 2.24. The van der Waals surface area contributed by atoms with Crippen molar-refractivity contribution < 1.29 is 18.8 Å². The molecule has 1 aliphatic heterocycles. The van der Waals surface area contributed by atoms with Crippen molar-refractivity contribution in [2.75, 3.05) is 11.9 Å². The molecule has 1 aromatic heterocycles. The number of carbonyl (C=O) groups excluding carboxylic acids is 3. The van der Waals surface area contributed by atoms with E-state index in [2.05, 4.69) is 16.7 Å². The van der Waals surface area contributed by atoms with Gasteiger partial charge in [0.15, 0.2) is 0 Å². The molecular weight excluding hydrogens is 437 g/mol. The highest BCUT2D eigenvalue weighted by molar-refractivity contribution is 6.16. The molecule has 2 N–H and O–H groups in total. The molecule has 170 valence electrons. The van der Waals surface area contributed by atoms with Crippen molar-refractivity contribution in [1.82, 2.24) is 14.8 Å². The number of imide groups is 1. The zero-order chi connectivity index (χ0) is 24.4. The molecule has 34 heavy (non-hydrogen) atoms. The second-order valence-corrected chi connectivity index (χ2v) is 7.73. The van der Waals surface area contributed by atoms with Crippen molar-refractivity contribution in [3.8, 4) is 11.8 Å². The fourth-order valence-corrected chi connectivity index (χ4v) is 3.78. The predicted molar refractivity (Wildman–Crippen MR) is 123 cm³/mol. The minimum absolute atomic E-state index is 0.0313. The van der Waals surface area contributed by atoms with Gasteiger partial charge in [-0.3, -0.25) is 9.59 Å². The average Bonchev–Trinajstić information content (AvgIpc) is 3.24. The minimum Gasteiger partial charge on any atom is -0.322 e. The molecule has 0 radical (unpaired) electrons. The number of nitrogens with one attached hydrogen (secondary N) is 2. The van der Waals surface area contributed by atoms with E-state index in [1.165, 1.54) is 18.2 Å². The molecule has 0 aliphatic carbocycles. The number of benzene rings is 2. The van der Waals surface area contributed by atoms with Gasteiger partial charge in [0.25, 0.3) is 5.91 Å². The summed E-state index contributed by atoms with van der Waals surface area (Å²) in [5, 5.41) is 13.9. The number of halogens is 1. The molecular formula is C25H20FN5O3. The van der Waals surface area contributed by atoms with E-state index in [9.17, 15) is 18.8 Å². The van der Waals surface area contributed by atoms with Crippen LogP contribution in [-0.4, -0.2) is 33.9 Å². The first kappa shape index (κ1) is 22.5. The minimum atomic E-state index is -0.735. The second kappa shape index (κ2) is 9.03. The third-order valence-electron chi connectivity index (χ3n) is 5.44. The van der Waals surface area contributed by atoms with Crippen LogP contribution in [0.4, 0.5) is 14.9 Å². The molecule has 8 nitrogen and oxygen atoms in total. The molecule has 9 heteroatoms. The van der Waals surface area contributed by atoms with Gasteiger partial charge >= 0.3 is 6.03 Å². The van der Waals surface area contributed by atoms with Crippen molar-refractivity contribution in [3.63, 3.8) is 0 Å². The Hall–Kier alpha value is -4.71. The summed E-state index contributed by atoms with van der Waals surface area (Å²) in [7, 11) is 0. The van der Waals surface area contributed by atoms with E-state index in [1.54, 1.807) is 24.3 Å². The van der Waals surface area contributed by atoms with Crippen LogP contribution in [0, 0.1) is 31.0 Å². The first-order valence-electron chi connectivity index (χ1n) is 10.4. The lowest BCUT2D eigenvalue weighted by molar-refractivity contribution is -0.127. The van der Waals surface area contributed by atoms with Gasteiger partial charge in [-0.05, 0) is 68.0 Å². The highest BCUT2D eigenvalue weighted by Gasteiger charge is 2.35. The lowest BCUT2D eigenvalue weighted by Crippen LogP contribution is -2.38. The molecule has 2 aromatic carbocycles. The van der Waals surface area contributed by atoms with Crippen molar-refractivity contribution in [3.05, 3.63) is 88.6 Å². The van der Waals surface area contributed by atoms with Gasteiger partial charge in [-0.15, -0.1) is 0 Å². The lowest BCUT2D eigenvalue weighted by atomic mass is 10.2. The number of carbonyl (C=O) groups is 3. The molecule has 0 bridgehead atoms. The quantitative estimate of drug-likeness (QED) is 0.451. The zero-order valence-electron chi connectivity index (χ0n) is 18.4. The van der Waals surface area contributed by atoms with Gasteiger partial charge in [0.1, 0.15) is 18.1 Å². The SMILES string of the molecule is Cc1cc(/C=C2/NC(=O)N(CC(=O)Nc3ccccc3F)C2=O)c(C)n1-c1ccc(C#N)cc1. The molecule has 2 heterocycles. The van der Waals surface area contributed by atoms with E-state index < -0.39 is 30.2 Å². The van der Waals surface area contributed by atoms with Crippen molar-refractivity contribution in [1.29, 1.82) is 5.26 Å². The number of nitrogens with zero attached hydrogens (tertiary/aromatic N) is 3. The van der Waals surface area contributed by atoms with Crippen LogP contribution in [0.1, 0.15) is 22.5 Å². The maximum absolute atomic E-state index is 13.8. The Morgan fingerprint density at radius 2 is 1.85 bits per heavy atom. The Morgan fingerprint density at radius 1 is 1.15 bits per heavy atom. The van der Waals surface area contributed by atoms with Crippen LogP contribution in [0.2, 0.25) is 0 Å². The number of hydrogen-bond donors (Lipinski definition) is 2. The zero-order valence-corrected chi connectivity index (χ0v) is 18.4. The van der Waals surface area contributed by atoms with Gasteiger partial charge in [-0.2, -0.15) is 5.26 Å². The molecule has 0 spiro atoms. The molecule has 0 atom stereocenters. The largest absolute Gasteiger partial charge is 0.329 e. The second-order valence-electron chi connectivity index (χ2n) is 7.73. The van der Waals surface area contributed by atoms with Crippen molar-refractivity contribution >= 4 is 29.6 Å². The number of hydrogen-bond acceptors (Lipinski definition) is 4. The number of aryl methyl sites for hydroxylation is 1.